The lowest BCUT2D eigenvalue weighted by Gasteiger charge is -2.20. The standard InChI is InChI=1S/C18H16F3N3O5/c1-29-16-5-3-2-4-13(16)11-6-7-22(10-11)17-14(23(25)26)8-12(18(19,20)21)9-15(17)24(27)28/h2-5,8-9,11H,6-7,10H2,1H3. The first-order valence-electron chi connectivity index (χ1n) is 8.55. The van der Waals surface area contributed by atoms with Crippen LogP contribution >= 0.6 is 0 Å². The van der Waals surface area contributed by atoms with Crippen LogP contribution < -0.4 is 9.64 Å². The van der Waals surface area contributed by atoms with Gasteiger partial charge in [0.1, 0.15) is 5.75 Å². The van der Waals surface area contributed by atoms with Crippen molar-refractivity contribution >= 4 is 17.1 Å². The molecule has 1 heterocycles. The van der Waals surface area contributed by atoms with Gasteiger partial charge in [-0.3, -0.25) is 20.2 Å². The van der Waals surface area contributed by atoms with Crippen molar-refractivity contribution in [2.24, 2.45) is 0 Å². The van der Waals surface area contributed by atoms with Gasteiger partial charge in [0.15, 0.2) is 5.69 Å². The summed E-state index contributed by atoms with van der Waals surface area (Å²) in [7, 11) is 1.50. The molecule has 0 aliphatic carbocycles. The Labute approximate surface area is 162 Å². The van der Waals surface area contributed by atoms with Crippen LogP contribution in [0.5, 0.6) is 5.75 Å². The number of halogens is 3. The molecule has 3 rings (SSSR count). The average Bonchev–Trinajstić information content (AvgIpc) is 3.15. The van der Waals surface area contributed by atoms with Gasteiger partial charge in [0.05, 0.1) is 22.5 Å². The molecule has 0 radical (unpaired) electrons. The summed E-state index contributed by atoms with van der Waals surface area (Å²) in [4.78, 5) is 22.3. The van der Waals surface area contributed by atoms with Crippen molar-refractivity contribution in [3.8, 4) is 5.75 Å². The molecule has 1 fully saturated rings. The molecule has 0 N–H and O–H groups in total. The molecule has 1 aliphatic rings. The maximum absolute atomic E-state index is 13.1. The lowest BCUT2D eigenvalue weighted by molar-refractivity contribution is -0.393. The Kier molecular flexibility index (Phi) is 5.31. The molecule has 0 bridgehead atoms. The van der Waals surface area contributed by atoms with Crippen LogP contribution in [0.4, 0.5) is 30.2 Å². The van der Waals surface area contributed by atoms with Crippen LogP contribution in [0.1, 0.15) is 23.5 Å². The van der Waals surface area contributed by atoms with Crippen LogP contribution in [0.3, 0.4) is 0 Å². The average molecular weight is 411 g/mol. The van der Waals surface area contributed by atoms with Gasteiger partial charge in [-0.05, 0) is 18.1 Å². The molecule has 1 atom stereocenters. The van der Waals surface area contributed by atoms with Crippen LogP contribution in [-0.2, 0) is 6.18 Å². The summed E-state index contributed by atoms with van der Waals surface area (Å²) in [6, 6.07) is 7.84. The summed E-state index contributed by atoms with van der Waals surface area (Å²) in [5.74, 6) is 0.461. The van der Waals surface area contributed by atoms with E-state index in [0.29, 0.717) is 24.3 Å². The Morgan fingerprint density at radius 2 is 1.69 bits per heavy atom. The number of benzene rings is 2. The quantitative estimate of drug-likeness (QED) is 0.530. The number of nitro benzene ring substituents is 2. The van der Waals surface area contributed by atoms with E-state index in [9.17, 15) is 33.4 Å². The van der Waals surface area contributed by atoms with E-state index >= 15 is 0 Å². The SMILES string of the molecule is COc1ccccc1C1CCN(c2c([N+](=O)[O-])cc(C(F)(F)F)cc2[N+](=O)[O-])C1. The number of ether oxygens (including phenoxy) is 1. The first kappa shape index (κ1) is 20.4. The van der Waals surface area contributed by atoms with E-state index in [0.717, 1.165) is 5.56 Å². The molecule has 29 heavy (non-hydrogen) atoms. The Hall–Kier alpha value is -3.37. The second-order valence-corrected chi connectivity index (χ2v) is 6.55. The first-order chi connectivity index (χ1) is 13.6. The maximum atomic E-state index is 13.1. The van der Waals surface area contributed by atoms with Crippen molar-refractivity contribution in [3.05, 3.63) is 67.8 Å². The molecule has 0 aromatic heterocycles. The third kappa shape index (κ3) is 3.93. The summed E-state index contributed by atoms with van der Waals surface area (Å²) in [6.45, 7) is 0.392. The van der Waals surface area contributed by atoms with E-state index in [1.807, 2.05) is 6.07 Å². The monoisotopic (exact) mass is 411 g/mol. The molecule has 11 heteroatoms. The van der Waals surface area contributed by atoms with E-state index < -0.39 is 38.6 Å². The zero-order chi connectivity index (χ0) is 21.3. The predicted octanol–water partition coefficient (Wildman–Crippen LogP) is 4.52. The highest BCUT2D eigenvalue weighted by Gasteiger charge is 2.41. The zero-order valence-electron chi connectivity index (χ0n) is 15.2. The smallest absolute Gasteiger partial charge is 0.416 e. The number of nitro groups is 2. The molecule has 1 aliphatic heterocycles. The number of hydrogen-bond acceptors (Lipinski definition) is 6. The van der Waals surface area contributed by atoms with Crippen LogP contribution in [0.15, 0.2) is 36.4 Å². The minimum Gasteiger partial charge on any atom is -0.496 e. The third-order valence-electron chi connectivity index (χ3n) is 4.87. The summed E-state index contributed by atoms with van der Waals surface area (Å²) in [5.41, 5.74) is -2.89. The minimum absolute atomic E-state index is 0.146. The van der Waals surface area contributed by atoms with E-state index in [-0.39, 0.29) is 19.0 Å². The van der Waals surface area contributed by atoms with Crippen molar-refractivity contribution in [2.75, 3.05) is 25.1 Å². The Balaban J connectivity index is 2.06. The topological polar surface area (TPSA) is 98.8 Å². The molecule has 2 aromatic carbocycles. The van der Waals surface area contributed by atoms with Gasteiger partial charge in [-0.25, -0.2) is 0 Å². The Bertz CT molecular complexity index is 929. The van der Waals surface area contributed by atoms with E-state index in [2.05, 4.69) is 0 Å². The summed E-state index contributed by atoms with van der Waals surface area (Å²) in [6.07, 6.45) is -4.44. The Morgan fingerprint density at radius 1 is 1.10 bits per heavy atom. The number of nitrogens with zero attached hydrogens (tertiary/aromatic N) is 3. The fourth-order valence-electron chi connectivity index (χ4n) is 3.59. The largest absolute Gasteiger partial charge is 0.496 e. The van der Waals surface area contributed by atoms with Gasteiger partial charge in [0.2, 0.25) is 0 Å². The fourth-order valence-corrected chi connectivity index (χ4v) is 3.59. The third-order valence-corrected chi connectivity index (χ3v) is 4.87. The molecule has 0 spiro atoms. The molecule has 1 unspecified atom stereocenters. The van der Waals surface area contributed by atoms with Gasteiger partial charge in [-0.2, -0.15) is 13.2 Å². The molecule has 154 valence electrons. The van der Waals surface area contributed by atoms with E-state index in [1.165, 1.54) is 12.0 Å². The summed E-state index contributed by atoms with van der Waals surface area (Å²) in [5, 5.41) is 22.9. The molecular weight excluding hydrogens is 395 g/mol. The van der Waals surface area contributed by atoms with Gasteiger partial charge in [-0.1, -0.05) is 18.2 Å². The minimum atomic E-state index is -4.95. The molecule has 1 saturated heterocycles. The summed E-state index contributed by atoms with van der Waals surface area (Å²) < 4.78 is 44.5. The van der Waals surface area contributed by atoms with Crippen molar-refractivity contribution in [3.63, 3.8) is 0 Å². The number of alkyl halides is 3. The zero-order valence-corrected chi connectivity index (χ0v) is 15.2. The van der Waals surface area contributed by atoms with Gasteiger partial charge in [0.25, 0.3) is 11.4 Å². The predicted molar refractivity (Wildman–Crippen MR) is 97.3 cm³/mol. The van der Waals surface area contributed by atoms with Gasteiger partial charge < -0.3 is 9.64 Å². The van der Waals surface area contributed by atoms with Crippen LogP contribution in [-0.4, -0.2) is 30.0 Å². The molecule has 8 nitrogen and oxygen atoms in total. The second kappa shape index (κ2) is 7.57. The highest BCUT2D eigenvalue weighted by molar-refractivity contribution is 5.77. The molecule has 0 saturated carbocycles. The van der Waals surface area contributed by atoms with Crippen molar-refractivity contribution < 1.29 is 27.8 Å². The number of anilines is 1. The molecular formula is C18H16F3N3O5. The second-order valence-electron chi connectivity index (χ2n) is 6.55. The van der Waals surface area contributed by atoms with Gasteiger partial charge in [-0.15, -0.1) is 0 Å². The number of rotatable bonds is 5. The highest BCUT2D eigenvalue weighted by atomic mass is 19.4. The van der Waals surface area contributed by atoms with Crippen LogP contribution in [0.2, 0.25) is 0 Å². The molecule has 2 aromatic rings. The number of hydrogen-bond donors (Lipinski definition) is 0. The fraction of sp³-hybridized carbons (Fsp3) is 0.333. The maximum Gasteiger partial charge on any atom is 0.416 e. The lowest BCUT2D eigenvalue weighted by atomic mass is 9.97. The van der Waals surface area contributed by atoms with E-state index in [4.69, 9.17) is 4.74 Å². The van der Waals surface area contributed by atoms with Crippen molar-refractivity contribution in [1.82, 2.24) is 0 Å². The van der Waals surface area contributed by atoms with Crippen molar-refractivity contribution in [2.45, 2.75) is 18.5 Å². The van der Waals surface area contributed by atoms with Gasteiger partial charge >= 0.3 is 6.18 Å². The van der Waals surface area contributed by atoms with Gasteiger partial charge in [0, 0.05) is 31.1 Å². The van der Waals surface area contributed by atoms with E-state index in [1.54, 1.807) is 18.2 Å². The highest BCUT2D eigenvalue weighted by Crippen LogP contribution is 2.46. The Morgan fingerprint density at radius 3 is 2.21 bits per heavy atom. The van der Waals surface area contributed by atoms with Crippen LogP contribution in [0.25, 0.3) is 0 Å². The lowest BCUT2D eigenvalue weighted by Crippen LogP contribution is -2.22. The summed E-state index contributed by atoms with van der Waals surface area (Å²) >= 11 is 0. The first-order valence-corrected chi connectivity index (χ1v) is 8.55. The number of methoxy groups -OCH3 is 1. The number of para-hydroxylation sites is 1. The molecule has 0 amide bonds. The van der Waals surface area contributed by atoms with Crippen molar-refractivity contribution in [1.29, 1.82) is 0 Å². The van der Waals surface area contributed by atoms with Crippen LogP contribution in [0, 0.1) is 20.2 Å². The normalized spacial score (nSPS) is 16.7.